The van der Waals surface area contributed by atoms with Crippen molar-refractivity contribution in [3.8, 4) is 0 Å². The van der Waals surface area contributed by atoms with Crippen LogP contribution in [0, 0.1) is 12.8 Å². The first kappa shape index (κ1) is 13.8. The predicted molar refractivity (Wildman–Crippen MR) is 75.6 cm³/mol. The number of nitrogens with two attached hydrogens (primary N) is 2. The molecule has 1 amide bonds. The molecule has 4 N–H and O–H groups in total. The number of nitrogens with zero attached hydrogens (tertiary/aromatic N) is 2. The smallest absolute Gasteiger partial charge is 0.217 e. The van der Waals surface area contributed by atoms with Crippen molar-refractivity contribution in [3.63, 3.8) is 0 Å². The Bertz CT molecular complexity index is 453. The Kier molecular flexibility index (Phi) is 4.37. The highest BCUT2D eigenvalue weighted by Gasteiger charge is 2.22. The SMILES string of the molecule is Cc1ccc(CN)c(N2CCC(CC(N)=O)CC2)n1. The summed E-state index contributed by atoms with van der Waals surface area (Å²) in [7, 11) is 0. The van der Waals surface area contributed by atoms with Gasteiger partial charge >= 0.3 is 0 Å². The van der Waals surface area contributed by atoms with Crippen molar-refractivity contribution >= 4 is 11.7 Å². The summed E-state index contributed by atoms with van der Waals surface area (Å²) in [5, 5.41) is 0. The number of aromatic nitrogens is 1. The van der Waals surface area contributed by atoms with E-state index in [1.807, 2.05) is 19.1 Å². The second-order valence-electron chi connectivity index (χ2n) is 5.24. The summed E-state index contributed by atoms with van der Waals surface area (Å²) in [4.78, 5) is 17.8. The lowest BCUT2D eigenvalue weighted by Crippen LogP contribution is -2.36. The standard InChI is InChI=1S/C14H22N4O/c1-10-2-3-12(9-15)14(17-10)18-6-4-11(5-7-18)8-13(16)19/h2-3,11H,4-9,15H2,1H3,(H2,16,19). The second-order valence-corrected chi connectivity index (χ2v) is 5.24. The van der Waals surface area contributed by atoms with Gasteiger partial charge in [0.15, 0.2) is 0 Å². The summed E-state index contributed by atoms with van der Waals surface area (Å²) in [6, 6.07) is 4.04. The lowest BCUT2D eigenvalue weighted by molar-refractivity contribution is -0.119. The van der Waals surface area contributed by atoms with E-state index in [4.69, 9.17) is 11.5 Å². The minimum atomic E-state index is -0.199. The number of carbonyl (C=O) groups excluding carboxylic acids is 1. The molecule has 0 saturated carbocycles. The van der Waals surface area contributed by atoms with Gasteiger partial charge in [0.1, 0.15) is 5.82 Å². The van der Waals surface area contributed by atoms with Crippen LogP contribution in [0.15, 0.2) is 12.1 Å². The van der Waals surface area contributed by atoms with Crippen molar-refractivity contribution in [1.82, 2.24) is 4.98 Å². The van der Waals surface area contributed by atoms with Gasteiger partial charge in [-0.1, -0.05) is 6.07 Å². The van der Waals surface area contributed by atoms with Gasteiger partial charge < -0.3 is 16.4 Å². The van der Waals surface area contributed by atoms with E-state index in [1.165, 1.54) is 0 Å². The summed E-state index contributed by atoms with van der Waals surface area (Å²) in [6.07, 6.45) is 2.48. The van der Waals surface area contributed by atoms with Gasteiger partial charge in [-0.2, -0.15) is 0 Å². The maximum absolute atomic E-state index is 10.9. The predicted octanol–water partition coefficient (Wildman–Crippen LogP) is 0.941. The number of carbonyl (C=O) groups is 1. The van der Waals surface area contributed by atoms with Crippen LogP contribution < -0.4 is 16.4 Å². The molecule has 0 aromatic carbocycles. The number of primary amides is 1. The van der Waals surface area contributed by atoms with Crippen molar-refractivity contribution in [1.29, 1.82) is 0 Å². The first-order valence-electron chi connectivity index (χ1n) is 6.80. The average molecular weight is 262 g/mol. The minimum Gasteiger partial charge on any atom is -0.370 e. The van der Waals surface area contributed by atoms with E-state index in [0.717, 1.165) is 43.0 Å². The quantitative estimate of drug-likeness (QED) is 0.845. The molecule has 1 aromatic heterocycles. The van der Waals surface area contributed by atoms with Gasteiger partial charge in [0.05, 0.1) is 0 Å². The third-order valence-corrected chi connectivity index (χ3v) is 3.72. The van der Waals surface area contributed by atoms with Crippen LogP contribution >= 0.6 is 0 Å². The normalized spacial score (nSPS) is 16.6. The number of pyridine rings is 1. The van der Waals surface area contributed by atoms with E-state index in [9.17, 15) is 4.79 Å². The highest BCUT2D eigenvalue weighted by Crippen LogP contribution is 2.26. The first-order chi connectivity index (χ1) is 9.10. The molecule has 5 heteroatoms. The Morgan fingerprint density at radius 3 is 2.68 bits per heavy atom. The molecule has 0 bridgehead atoms. The molecule has 1 saturated heterocycles. The number of aryl methyl sites for hydroxylation is 1. The Morgan fingerprint density at radius 2 is 2.11 bits per heavy atom. The Morgan fingerprint density at radius 1 is 1.42 bits per heavy atom. The summed E-state index contributed by atoms with van der Waals surface area (Å²) in [5.41, 5.74) is 13.1. The third kappa shape index (κ3) is 3.44. The van der Waals surface area contributed by atoms with Crippen molar-refractivity contribution in [2.24, 2.45) is 17.4 Å². The zero-order valence-electron chi connectivity index (χ0n) is 11.4. The van der Waals surface area contributed by atoms with Gasteiger partial charge in [-0.05, 0) is 31.7 Å². The van der Waals surface area contributed by atoms with Crippen LogP contribution in [0.4, 0.5) is 5.82 Å². The van der Waals surface area contributed by atoms with Crippen LogP contribution in [0.5, 0.6) is 0 Å². The fraction of sp³-hybridized carbons (Fsp3) is 0.571. The Hall–Kier alpha value is -1.62. The molecular weight excluding hydrogens is 240 g/mol. The van der Waals surface area contributed by atoms with Crippen molar-refractivity contribution in [2.75, 3.05) is 18.0 Å². The zero-order valence-corrected chi connectivity index (χ0v) is 11.4. The number of hydrogen-bond donors (Lipinski definition) is 2. The van der Waals surface area contributed by atoms with Crippen LogP contribution in [-0.4, -0.2) is 24.0 Å². The van der Waals surface area contributed by atoms with Gasteiger partial charge in [0, 0.05) is 37.3 Å². The van der Waals surface area contributed by atoms with Crippen LogP contribution in [0.1, 0.15) is 30.5 Å². The van der Waals surface area contributed by atoms with Gasteiger partial charge in [-0.25, -0.2) is 4.98 Å². The fourth-order valence-corrected chi connectivity index (χ4v) is 2.64. The first-order valence-corrected chi connectivity index (χ1v) is 6.80. The zero-order chi connectivity index (χ0) is 13.8. The van der Waals surface area contributed by atoms with Gasteiger partial charge in [-0.15, -0.1) is 0 Å². The maximum Gasteiger partial charge on any atom is 0.217 e. The summed E-state index contributed by atoms with van der Waals surface area (Å²) < 4.78 is 0. The van der Waals surface area contributed by atoms with Gasteiger partial charge in [0.25, 0.3) is 0 Å². The lowest BCUT2D eigenvalue weighted by atomic mass is 9.93. The van der Waals surface area contributed by atoms with E-state index in [1.54, 1.807) is 0 Å². The number of hydrogen-bond acceptors (Lipinski definition) is 4. The van der Waals surface area contributed by atoms with Crippen LogP contribution in [0.2, 0.25) is 0 Å². The average Bonchev–Trinajstić information content (AvgIpc) is 2.39. The molecule has 0 atom stereocenters. The number of amides is 1. The third-order valence-electron chi connectivity index (χ3n) is 3.72. The summed E-state index contributed by atoms with van der Waals surface area (Å²) >= 11 is 0. The minimum absolute atomic E-state index is 0.199. The number of rotatable bonds is 4. The molecule has 0 unspecified atom stereocenters. The molecule has 1 fully saturated rings. The molecule has 19 heavy (non-hydrogen) atoms. The molecule has 0 radical (unpaired) electrons. The van der Waals surface area contributed by atoms with Crippen molar-refractivity contribution < 1.29 is 4.79 Å². The molecule has 2 heterocycles. The van der Waals surface area contributed by atoms with Crippen LogP contribution in [0.25, 0.3) is 0 Å². The van der Waals surface area contributed by atoms with E-state index in [2.05, 4.69) is 9.88 Å². The Balaban J connectivity index is 2.05. The Labute approximate surface area is 114 Å². The molecule has 104 valence electrons. The summed E-state index contributed by atoms with van der Waals surface area (Å²) in [6.45, 7) is 4.33. The van der Waals surface area contributed by atoms with Crippen LogP contribution in [-0.2, 0) is 11.3 Å². The topological polar surface area (TPSA) is 85.2 Å². The van der Waals surface area contributed by atoms with E-state index in [-0.39, 0.29) is 5.91 Å². The lowest BCUT2D eigenvalue weighted by Gasteiger charge is -2.33. The molecule has 1 aliphatic heterocycles. The van der Waals surface area contributed by atoms with E-state index >= 15 is 0 Å². The molecule has 0 aliphatic carbocycles. The highest BCUT2D eigenvalue weighted by atomic mass is 16.1. The number of anilines is 1. The molecule has 0 spiro atoms. The van der Waals surface area contributed by atoms with Gasteiger partial charge in [0.2, 0.25) is 5.91 Å². The fourth-order valence-electron chi connectivity index (χ4n) is 2.64. The molecule has 1 aliphatic rings. The van der Waals surface area contributed by atoms with Crippen LogP contribution in [0.3, 0.4) is 0 Å². The van der Waals surface area contributed by atoms with E-state index in [0.29, 0.717) is 18.9 Å². The highest BCUT2D eigenvalue weighted by molar-refractivity contribution is 5.74. The molecule has 1 aromatic rings. The van der Waals surface area contributed by atoms with Crippen molar-refractivity contribution in [2.45, 2.75) is 32.7 Å². The number of piperidine rings is 1. The largest absolute Gasteiger partial charge is 0.370 e. The monoisotopic (exact) mass is 262 g/mol. The van der Waals surface area contributed by atoms with Crippen molar-refractivity contribution in [3.05, 3.63) is 23.4 Å². The molecule has 5 nitrogen and oxygen atoms in total. The van der Waals surface area contributed by atoms with Gasteiger partial charge in [-0.3, -0.25) is 4.79 Å². The summed E-state index contributed by atoms with van der Waals surface area (Å²) in [5.74, 6) is 1.22. The molecule has 2 rings (SSSR count). The maximum atomic E-state index is 10.9. The van der Waals surface area contributed by atoms with E-state index < -0.39 is 0 Å². The second kappa shape index (κ2) is 6.02. The molecular formula is C14H22N4O.